The smallest absolute Gasteiger partial charge is 0.148 e. The summed E-state index contributed by atoms with van der Waals surface area (Å²) in [6.45, 7) is 0. The van der Waals surface area contributed by atoms with E-state index in [2.05, 4.69) is 20.9 Å². The highest BCUT2D eigenvalue weighted by molar-refractivity contribution is 9.10. The quantitative estimate of drug-likeness (QED) is 0.739. The summed E-state index contributed by atoms with van der Waals surface area (Å²) < 4.78 is 0.815. The number of hydrogen-bond acceptors (Lipinski definition) is 3. The summed E-state index contributed by atoms with van der Waals surface area (Å²) in [4.78, 5) is 4.16. The molecule has 1 heterocycles. The molecule has 1 aromatic carbocycles. The van der Waals surface area contributed by atoms with Gasteiger partial charge in [0.15, 0.2) is 0 Å². The highest BCUT2D eigenvalue weighted by Crippen LogP contribution is 2.31. The molecule has 0 aliphatic rings. The number of anilines is 2. The molecule has 0 aliphatic heterocycles. The van der Waals surface area contributed by atoms with Gasteiger partial charge in [0.05, 0.1) is 15.7 Å². The van der Waals surface area contributed by atoms with Crippen molar-refractivity contribution in [1.29, 1.82) is 0 Å². The van der Waals surface area contributed by atoms with Crippen LogP contribution in [-0.4, -0.2) is 4.98 Å². The number of rotatable bonds is 0. The number of fused-ring (bicyclic) bond motifs is 1. The molecule has 2 rings (SSSR count). The maximum absolute atomic E-state index is 5.71. The number of nitrogen functional groups attached to an aromatic ring is 2. The van der Waals surface area contributed by atoms with E-state index in [-0.39, 0.29) is 0 Å². The number of halogens is 1. The van der Waals surface area contributed by atoms with E-state index in [1.54, 1.807) is 0 Å². The van der Waals surface area contributed by atoms with Crippen LogP contribution in [0.25, 0.3) is 10.9 Å². The highest BCUT2D eigenvalue weighted by Gasteiger charge is 2.06. The van der Waals surface area contributed by atoms with E-state index in [1.165, 1.54) is 0 Å². The Labute approximate surface area is 83.9 Å². The minimum atomic E-state index is 0.366. The topological polar surface area (TPSA) is 64.9 Å². The van der Waals surface area contributed by atoms with Gasteiger partial charge in [0.1, 0.15) is 5.82 Å². The average molecular weight is 238 g/mol. The van der Waals surface area contributed by atoms with Crippen LogP contribution in [0.4, 0.5) is 11.5 Å². The number of pyridine rings is 1. The molecule has 0 fully saturated rings. The molecule has 0 amide bonds. The van der Waals surface area contributed by atoms with Gasteiger partial charge in [0, 0.05) is 5.39 Å². The van der Waals surface area contributed by atoms with E-state index in [4.69, 9.17) is 11.5 Å². The van der Waals surface area contributed by atoms with Gasteiger partial charge in [-0.05, 0) is 22.0 Å². The number of nitrogens with two attached hydrogens (primary N) is 2. The summed E-state index contributed by atoms with van der Waals surface area (Å²) in [5.74, 6) is 0.366. The van der Waals surface area contributed by atoms with Crippen molar-refractivity contribution in [2.45, 2.75) is 0 Å². The Balaban J connectivity index is 2.94. The van der Waals surface area contributed by atoms with Crippen molar-refractivity contribution in [2.24, 2.45) is 0 Å². The van der Waals surface area contributed by atoms with Crippen LogP contribution in [-0.2, 0) is 0 Å². The standard InChI is InChI=1S/C9H8BrN3/c10-7-5-3-1-2-4-6(5)13-9(12)8(7)11/h1-4H,11H2,(H2,12,13). The summed E-state index contributed by atoms with van der Waals surface area (Å²) in [6, 6.07) is 7.69. The second-order valence-corrected chi connectivity index (χ2v) is 3.53. The Bertz CT molecular complexity index is 468. The summed E-state index contributed by atoms with van der Waals surface area (Å²) in [5.41, 5.74) is 12.7. The number of benzene rings is 1. The molecule has 0 saturated carbocycles. The third-order valence-corrected chi connectivity index (χ3v) is 2.75. The first-order valence-corrected chi connectivity index (χ1v) is 4.58. The van der Waals surface area contributed by atoms with Crippen molar-refractivity contribution in [3.05, 3.63) is 28.7 Å². The van der Waals surface area contributed by atoms with Crippen LogP contribution >= 0.6 is 15.9 Å². The highest BCUT2D eigenvalue weighted by atomic mass is 79.9. The second-order valence-electron chi connectivity index (χ2n) is 2.74. The predicted octanol–water partition coefficient (Wildman–Crippen LogP) is 2.16. The van der Waals surface area contributed by atoms with Gasteiger partial charge in [-0.15, -0.1) is 0 Å². The molecule has 0 saturated heterocycles. The van der Waals surface area contributed by atoms with Crippen LogP contribution in [0.1, 0.15) is 0 Å². The van der Waals surface area contributed by atoms with Gasteiger partial charge in [0.25, 0.3) is 0 Å². The van der Waals surface area contributed by atoms with Crippen LogP contribution in [0, 0.1) is 0 Å². The van der Waals surface area contributed by atoms with Gasteiger partial charge < -0.3 is 11.5 Å². The predicted molar refractivity (Wildman–Crippen MR) is 58.3 cm³/mol. The molecular weight excluding hydrogens is 230 g/mol. The monoisotopic (exact) mass is 237 g/mol. The van der Waals surface area contributed by atoms with E-state index in [0.717, 1.165) is 15.4 Å². The van der Waals surface area contributed by atoms with Crippen molar-refractivity contribution in [3.8, 4) is 0 Å². The minimum absolute atomic E-state index is 0.366. The molecule has 0 bridgehead atoms. The fourth-order valence-corrected chi connectivity index (χ4v) is 1.74. The fourth-order valence-electron chi connectivity index (χ4n) is 1.20. The molecule has 0 aliphatic carbocycles. The summed E-state index contributed by atoms with van der Waals surface area (Å²) >= 11 is 3.39. The Hall–Kier alpha value is -1.29. The lowest BCUT2D eigenvalue weighted by Gasteiger charge is -2.05. The van der Waals surface area contributed by atoms with Gasteiger partial charge in [-0.3, -0.25) is 0 Å². The molecule has 0 spiro atoms. The molecule has 1 aromatic heterocycles. The molecule has 0 atom stereocenters. The molecule has 0 radical (unpaired) electrons. The van der Waals surface area contributed by atoms with Crippen molar-refractivity contribution < 1.29 is 0 Å². The average Bonchev–Trinajstić information content (AvgIpc) is 2.15. The maximum Gasteiger partial charge on any atom is 0.148 e. The summed E-state index contributed by atoms with van der Waals surface area (Å²) in [5, 5.41) is 0.981. The first-order chi connectivity index (χ1) is 6.20. The molecule has 4 N–H and O–H groups in total. The van der Waals surface area contributed by atoms with Crippen molar-refractivity contribution >= 4 is 38.3 Å². The van der Waals surface area contributed by atoms with Crippen LogP contribution in [0.15, 0.2) is 28.7 Å². The lowest BCUT2D eigenvalue weighted by atomic mass is 10.2. The van der Waals surface area contributed by atoms with Gasteiger partial charge >= 0.3 is 0 Å². The SMILES string of the molecule is Nc1nc2ccccc2c(Br)c1N. The zero-order valence-electron chi connectivity index (χ0n) is 6.79. The first-order valence-electron chi connectivity index (χ1n) is 3.79. The molecular formula is C9H8BrN3. The van der Waals surface area contributed by atoms with Crippen molar-refractivity contribution in [3.63, 3.8) is 0 Å². The fraction of sp³-hybridized carbons (Fsp3) is 0. The van der Waals surface area contributed by atoms with E-state index < -0.39 is 0 Å². The van der Waals surface area contributed by atoms with Gasteiger partial charge in [0.2, 0.25) is 0 Å². The maximum atomic E-state index is 5.71. The Morgan fingerprint density at radius 2 is 1.85 bits per heavy atom. The molecule has 66 valence electrons. The van der Waals surface area contributed by atoms with E-state index in [9.17, 15) is 0 Å². The normalized spacial score (nSPS) is 10.5. The number of para-hydroxylation sites is 1. The van der Waals surface area contributed by atoms with Crippen LogP contribution in [0.5, 0.6) is 0 Å². The Kier molecular flexibility index (Phi) is 1.84. The third-order valence-electron chi connectivity index (χ3n) is 1.89. The van der Waals surface area contributed by atoms with Gasteiger partial charge in [-0.1, -0.05) is 18.2 Å². The largest absolute Gasteiger partial charge is 0.395 e. The van der Waals surface area contributed by atoms with Gasteiger partial charge in [-0.2, -0.15) is 0 Å². The van der Waals surface area contributed by atoms with Crippen molar-refractivity contribution in [1.82, 2.24) is 4.98 Å². The number of aromatic nitrogens is 1. The second kappa shape index (κ2) is 2.88. The van der Waals surface area contributed by atoms with Crippen LogP contribution < -0.4 is 11.5 Å². The molecule has 3 nitrogen and oxygen atoms in total. The lowest BCUT2D eigenvalue weighted by Crippen LogP contribution is -1.99. The van der Waals surface area contributed by atoms with E-state index in [0.29, 0.717) is 11.5 Å². The van der Waals surface area contributed by atoms with Crippen LogP contribution in [0.3, 0.4) is 0 Å². The Morgan fingerprint density at radius 1 is 1.15 bits per heavy atom. The van der Waals surface area contributed by atoms with E-state index >= 15 is 0 Å². The minimum Gasteiger partial charge on any atom is -0.395 e. The third kappa shape index (κ3) is 1.23. The molecule has 2 aromatic rings. The number of hydrogen-bond donors (Lipinski definition) is 2. The van der Waals surface area contributed by atoms with Crippen molar-refractivity contribution in [2.75, 3.05) is 11.5 Å². The Morgan fingerprint density at radius 3 is 2.62 bits per heavy atom. The zero-order valence-corrected chi connectivity index (χ0v) is 8.38. The summed E-state index contributed by atoms with van der Waals surface area (Å²) in [6.07, 6.45) is 0. The van der Waals surface area contributed by atoms with Crippen LogP contribution in [0.2, 0.25) is 0 Å². The molecule has 4 heteroatoms. The van der Waals surface area contributed by atoms with Gasteiger partial charge in [-0.25, -0.2) is 4.98 Å². The number of nitrogens with zero attached hydrogens (tertiary/aromatic N) is 1. The molecule has 0 unspecified atom stereocenters. The zero-order chi connectivity index (χ0) is 9.42. The summed E-state index contributed by atoms with van der Waals surface area (Å²) in [7, 11) is 0. The molecule has 13 heavy (non-hydrogen) atoms. The first kappa shape index (κ1) is 8.31. The lowest BCUT2D eigenvalue weighted by molar-refractivity contribution is 1.41. The van der Waals surface area contributed by atoms with E-state index in [1.807, 2.05) is 24.3 Å².